The molecule has 0 saturated carbocycles. The van der Waals surface area contributed by atoms with Crippen LogP contribution in [0.25, 0.3) is 0 Å². The third-order valence-corrected chi connectivity index (χ3v) is 3.51. The smallest absolute Gasteiger partial charge is 0.260 e. The Labute approximate surface area is 114 Å². The van der Waals surface area contributed by atoms with Gasteiger partial charge < -0.3 is 5.32 Å². The van der Waals surface area contributed by atoms with Crippen LogP contribution in [0.15, 0.2) is 36.5 Å². The van der Waals surface area contributed by atoms with Gasteiger partial charge in [0.25, 0.3) is 6.43 Å². The molecule has 0 aliphatic carbocycles. The molecule has 1 aromatic heterocycles. The lowest BCUT2D eigenvalue weighted by Gasteiger charge is -2.32. The minimum atomic E-state index is -2.52. The Hall–Kier alpha value is -2.42. The number of anilines is 1. The fourth-order valence-corrected chi connectivity index (χ4v) is 2.52. The first-order valence-corrected chi connectivity index (χ1v) is 6.28. The predicted octanol–water partition coefficient (Wildman–Crippen LogP) is 3.12. The van der Waals surface area contributed by atoms with Gasteiger partial charge in [0.2, 0.25) is 0 Å². The Morgan fingerprint density at radius 1 is 1.35 bits per heavy atom. The number of nitriles is 1. The van der Waals surface area contributed by atoms with Gasteiger partial charge in [-0.05, 0) is 12.0 Å². The van der Waals surface area contributed by atoms with Crippen molar-refractivity contribution >= 4 is 5.82 Å². The Bertz CT molecular complexity index is 645. The largest absolute Gasteiger partial charge is 0.362 e. The number of rotatable bonds is 2. The molecule has 3 rings (SSSR count). The summed E-state index contributed by atoms with van der Waals surface area (Å²) in [6, 6.07) is 10.1. The molecular weight excluding hydrogens is 262 g/mol. The van der Waals surface area contributed by atoms with Gasteiger partial charge in [0.15, 0.2) is 0 Å². The van der Waals surface area contributed by atoms with Gasteiger partial charge in [0.05, 0.1) is 12.2 Å². The lowest BCUT2D eigenvalue weighted by atomic mass is 9.97. The van der Waals surface area contributed by atoms with E-state index in [2.05, 4.69) is 10.4 Å². The van der Waals surface area contributed by atoms with Crippen LogP contribution in [0.2, 0.25) is 0 Å². The Morgan fingerprint density at radius 3 is 2.75 bits per heavy atom. The van der Waals surface area contributed by atoms with E-state index in [-0.39, 0.29) is 18.0 Å². The van der Waals surface area contributed by atoms with E-state index in [4.69, 9.17) is 5.26 Å². The van der Waals surface area contributed by atoms with Crippen LogP contribution in [0.5, 0.6) is 0 Å². The quantitative estimate of drug-likeness (QED) is 0.915. The maximum absolute atomic E-state index is 13.2. The fourth-order valence-electron chi connectivity index (χ4n) is 2.52. The van der Waals surface area contributed by atoms with Crippen molar-refractivity contribution in [1.29, 1.82) is 5.26 Å². The maximum Gasteiger partial charge on any atom is 0.260 e. The van der Waals surface area contributed by atoms with Gasteiger partial charge in [0, 0.05) is 0 Å². The van der Waals surface area contributed by atoms with E-state index >= 15 is 0 Å². The van der Waals surface area contributed by atoms with Gasteiger partial charge in [-0.2, -0.15) is 10.4 Å². The zero-order valence-corrected chi connectivity index (χ0v) is 10.5. The molecule has 0 saturated heterocycles. The summed E-state index contributed by atoms with van der Waals surface area (Å²) in [7, 11) is 0. The van der Waals surface area contributed by atoms with Gasteiger partial charge >= 0.3 is 0 Å². The number of nitrogens with zero attached hydrogens (tertiary/aromatic N) is 3. The van der Waals surface area contributed by atoms with E-state index in [1.54, 1.807) is 0 Å². The van der Waals surface area contributed by atoms with Crippen LogP contribution in [0, 0.1) is 11.3 Å². The molecule has 2 aromatic rings. The summed E-state index contributed by atoms with van der Waals surface area (Å²) in [4.78, 5) is 0. The summed E-state index contributed by atoms with van der Waals surface area (Å²) in [6.07, 6.45) is -0.958. The van der Waals surface area contributed by atoms with Gasteiger partial charge in [0.1, 0.15) is 23.5 Å². The summed E-state index contributed by atoms with van der Waals surface area (Å²) in [5, 5.41) is 16.1. The van der Waals surface area contributed by atoms with E-state index in [1.807, 2.05) is 36.4 Å². The number of hydrogen-bond donors (Lipinski definition) is 1. The van der Waals surface area contributed by atoms with Crippen molar-refractivity contribution in [1.82, 2.24) is 9.78 Å². The zero-order valence-electron chi connectivity index (χ0n) is 10.5. The van der Waals surface area contributed by atoms with Crippen LogP contribution in [0.1, 0.15) is 29.6 Å². The lowest BCUT2D eigenvalue weighted by molar-refractivity contribution is 0.0658. The van der Waals surface area contributed by atoms with E-state index < -0.39 is 12.5 Å². The van der Waals surface area contributed by atoms with E-state index in [0.29, 0.717) is 5.82 Å². The SMILES string of the molecule is N#Cc1cnn2c1N[C@@H](c1ccccc1)C[C@@H]2C(F)F. The molecule has 102 valence electrons. The summed E-state index contributed by atoms with van der Waals surface area (Å²) in [6.45, 7) is 0. The van der Waals surface area contributed by atoms with Gasteiger partial charge in [-0.3, -0.25) is 0 Å². The van der Waals surface area contributed by atoms with Crippen LogP contribution >= 0.6 is 0 Å². The monoisotopic (exact) mass is 274 g/mol. The predicted molar refractivity (Wildman–Crippen MR) is 69.4 cm³/mol. The zero-order chi connectivity index (χ0) is 14.1. The number of aromatic nitrogens is 2. The molecule has 0 unspecified atom stereocenters. The maximum atomic E-state index is 13.2. The highest BCUT2D eigenvalue weighted by atomic mass is 19.3. The normalized spacial score (nSPS) is 21.1. The molecule has 4 nitrogen and oxygen atoms in total. The molecule has 0 radical (unpaired) electrons. The molecule has 0 fully saturated rings. The highest BCUT2D eigenvalue weighted by Crippen LogP contribution is 2.38. The number of hydrogen-bond acceptors (Lipinski definition) is 3. The van der Waals surface area contributed by atoms with Crippen molar-refractivity contribution < 1.29 is 8.78 Å². The van der Waals surface area contributed by atoms with Crippen LogP contribution in [0.3, 0.4) is 0 Å². The van der Waals surface area contributed by atoms with E-state index in [0.717, 1.165) is 5.56 Å². The van der Waals surface area contributed by atoms with Crippen molar-refractivity contribution in [3.8, 4) is 6.07 Å². The molecule has 0 amide bonds. The number of nitrogens with one attached hydrogen (secondary N) is 1. The minimum Gasteiger partial charge on any atom is -0.362 e. The topological polar surface area (TPSA) is 53.6 Å². The second-order valence-corrected chi connectivity index (χ2v) is 4.71. The van der Waals surface area contributed by atoms with Crippen molar-refractivity contribution in [2.45, 2.75) is 24.9 Å². The van der Waals surface area contributed by atoms with Gasteiger partial charge in [-0.1, -0.05) is 30.3 Å². The summed E-state index contributed by atoms with van der Waals surface area (Å²) < 4.78 is 27.7. The molecule has 0 bridgehead atoms. The molecule has 0 spiro atoms. The van der Waals surface area contributed by atoms with Crippen molar-refractivity contribution in [2.75, 3.05) is 5.32 Å². The molecule has 6 heteroatoms. The minimum absolute atomic E-state index is 0.237. The first-order chi connectivity index (χ1) is 9.70. The van der Waals surface area contributed by atoms with Crippen LogP contribution in [-0.4, -0.2) is 16.2 Å². The molecular formula is C14H12F2N4. The first kappa shape index (κ1) is 12.6. The number of halogens is 2. The van der Waals surface area contributed by atoms with Crippen molar-refractivity contribution in [2.24, 2.45) is 0 Å². The Balaban J connectivity index is 2.02. The Morgan fingerprint density at radius 2 is 2.10 bits per heavy atom. The van der Waals surface area contributed by atoms with Gasteiger partial charge in [-0.15, -0.1) is 0 Å². The number of benzene rings is 1. The van der Waals surface area contributed by atoms with Crippen LogP contribution in [0.4, 0.5) is 14.6 Å². The van der Waals surface area contributed by atoms with E-state index in [1.165, 1.54) is 10.9 Å². The summed E-state index contributed by atoms with van der Waals surface area (Å²) in [5.41, 5.74) is 1.21. The van der Waals surface area contributed by atoms with Crippen LogP contribution < -0.4 is 5.32 Å². The average molecular weight is 274 g/mol. The second kappa shape index (κ2) is 4.93. The number of alkyl halides is 2. The third kappa shape index (κ3) is 2.01. The molecule has 1 aliphatic heterocycles. The average Bonchev–Trinajstić information content (AvgIpc) is 2.89. The standard InChI is InChI=1S/C14H12F2N4/c15-13(16)12-6-11(9-4-2-1-3-5-9)19-14-10(7-17)8-18-20(12)14/h1-5,8,11-13,19H,6H2/t11-,12-/m1/s1. The van der Waals surface area contributed by atoms with Crippen molar-refractivity contribution in [3.63, 3.8) is 0 Å². The van der Waals surface area contributed by atoms with Crippen LogP contribution in [-0.2, 0) is 0 Å². The molecule has 2 heterocycles. The third-order valence-electron chi connectivity index (χ3n) is 3.51. The second-order valence-electron chi connectivity index (χ2n) is 4.71. The molecule has 2 atom stereocenters. The van der Waals surface area contributed by atoms with Gasteiger partial charge in [-0.25, -0.2) is 13.5 Å². The first-order valence-electron chi connectivity index (χ1n) is 6.28. The molecule has 20 heavy (non-hydrogen) atoms. The fraction of sp³-hybridized carbons (Fsp3) is 0.286. The molecule has 1 aliphatic rings. The van der Waals surface area contributed by atoms with E-state index in [9.17, 15) is 8.78 Å². The lowest BCUT2D eigenvalue weighted by Crippen LogP contribution is -2.31. The molecule has 1 N–H and O–H groups in total. The number of fused-ring (bicyclic) bond motifs is 1. The summed E-state index contributed by atoms with van der Waals surface area (Å²) in [5.74, 6) is 0.373. The summed E-state index contributed by atoms with van der Waals surface area (Å²) >= 11 is 0. The highest BCUT2D eigenvalue weighted by Gasteiger charge is 2.35. The molecule has 1 aromatic carbocycles. The Kier molecular flexibility index (Phi) is 3.11. The van der Waals surface area contributed by atoms with Crippen molar-refractivity contribution in [3.05, 3.63) is 47.7 Å². The highest BCUT2D eigenvalue weighted by molar-refractivity contribution is 5.54.